The number of para-hydroxylation sites is 1. The predicted octanol–water partition coefficient (Wildman–Crippen LogP) is 1.28. The molecular weight excluding hydrogens is 266 g/mol. The van der Waals surface area contributed by atoms with Gasteiger partial charge in [0.2, 0.25) is 11.8 Å². The van der Waals surface area contributed by atoms with Crippen molar-refractivity contribution in [3.8, 4) is 0 Å². The zero-order chi connectivity index (χ0) is 15.4. The molecule has 5 heteroatoms. The van der Waals surface area contributed by atoms with Gasteiger partial charge < -0.3 is 15.5 Å². The van der Waals surface area contributed by atoms with E-state index in [0.717, 1.165) is 11.3 Å². The summed E-state index contributed by atoms with van der Waals surface area (Å²) in [6.07, 6.45) is 0. The molecule has 0 saturated carbocycles. The summed E-state index contributed by atoms with van der Waals surface area (Å²) in [7, 11) is 0. The standard InChI is InChI=1S/C16H23N3O2/c1-11(2)12(3)18-15(20)10-19-14-7-5-4-6-13(14)8-17-9-16(19)21/h4-7,11-12,17H,8-10H2,1-3H3,(H,18,20). The Kier molecular flexibility index (Phi) is 4.96. The van der Waals surface area contributed by atoms with E-state index in [-0.39, 0.29) is 30.9 Å². The van der Waals surface area contributed by atoms with Crippen molar-refractivity contribution in [2.75, 3.05) is 18.0 Å². The predicted molar refractivity (Wildman–Crippen MR) is 82.9 cm³/mol. The number of anilines is 1. The van der Waals surface area contributed by atoms with Gasteiger partial charge in [0, 0.05) is 18.3 Å². The van der Waals surface area contributed by atoms with Crippen LogP contribution in [0.4, 0.5) is 5.69 Å². The minimum atomic E-state index is -0.124. The molecule has 2 rings (SSSR count). The number of fused-ring (bicyclic) bond motifs is 1. The van der Waals surface area contributed by atoms with Crippen molar-refractivity contribution in [1.82, 2.24) is 10.6 Å². The molecule has 1 aliphatic heterocycles. The summed E-state index contributed by atoms with van der Waals surface area (Å²) in [5.41, 5.74) is 1.85. The lowest BCUT2D eigenvalue weighted by Crippen LogP contribution is -2.46. The summed E-state index contributed by atoms with van der Waals surface area (Å²) < 4.78 is 0. The molecule has 0 fully saturated rings. The molecule has 0 spiro atoms. The molecule has 21 heavy (non-hydrogen) atoms. The minimum absolute atomic E-state index is 0.0641. The molecule has 1 aromatic rings. The summed E-state index contributed by atoms with van der Waals surface area (Å²) in [4.78, 5) is 26.0. The first-order chi connectivity index (χ1) is 9.99. The highest BCUT2D eigenvalue weighted by molar-refractivity contribution is 6.00. The number of amides is 2. The van der Waals surface area contributed by atoms with E-state index < -0.39 is 0 Å². The van der Waals surface area contributed by atoms with Crippen molar-refractivity contribution in [3.63, 3.8) is 0 Å². The maximum Gasteiger partial charge on any atom is 0.241 e. The molecule has 114 valence electrons. The number of nitrogens with one attached hydrogen (secondary N) is 2. The van der Waals surface area contributed by atoms with E-state index in [0.29, 0.717) is 12.5 Å². The lowest BCUT2D eigenvalue weighted by atomic mass is 10.1. The molecule has 0 bridgehead atoms. The van der Waals surface area contributed by atoms with Crippen LogP contribution in [0.5, 0.6) is 0 Å². The van der Waals surface area contributed by atoms with Crippen molar-refractivity contribution in [2.24, 2.45) is 5.92 Å². The Morgan fingerprint density at radius 1 is 1.29 bits per heavy atom. The summed E-state index contributed by atoms with van der Waals surface area (Å²) in [5.74, 6) is 0.163. The van der Waals surface area contributed by atoms with Gasteiger partial charge in [-0.1, -0.05) is 32.0 Å². The lowest BCUT2D eigenvalue weighted by molar-refractivity contribution is -0.124. The Morgan fingerprint density at radius 3 is 2.71 bits per heavy atom. The monoisotopic (exact) mass is 289 g/mol. The van der Waals surface area contributed by atoms with Crippen LogP contribution < -0.4 is 15.5 Å². The number of carbonyl (C=O) groups excluding carboxylic acids is 2. The van der Waals surface area contributed by atoms with Crippen molar-refractivity contribution < 1.29 is 9.59 Å². The van der Waals surface area contributed by atoms with E-state index in [1.54, 1.807) is 4.90 Å². The fraction of sp³-hybridized carbons (Fsp3) is 0.500. The molecule has 1 heterocycles. The molecule has 2 N–H and O–H groups in total. The maximum atomic E-state index is 12.2. The fourth-order valence-corrected chi connectivity index (χ4v) is 2.24. The third-order valence-corrected chi connectivity index (χ3v) is 3.87. The van der Waals surface area contributed by atoms with Crippen LogP contribution >= 0.6 is 0 Å². The SMILES string of the molecule is CC(C)C(C)NC(=O)CN1C(=O)CNCc2ccccc21. The van der Waals surface area contributed by atoms with Gasteiger partial charge in [-0.2, -0.15) is 0 Å². The van der Waals surface area contributed by atoms with Crippen LogP contribution in [0.3, 0.4) is 0 Å². The molecule has 0 saturated heterocycles. The smallest absolute Gasteiger partial charge is 0.241 e. The van der Waals surface area contributed by atoms with Gasteiger partial charge in [-0.15, -0.1) is 0 Å². The second-order valence-corrected chi connectivity index (χ2v) is 5.81. The Balaban J connectivity index is 2.14. The summed E-state index contributed by atoms with van der Waals surface area (Å²) >= 11 is 0. The quantitative estimate of drug-likeness (QED) is 0.878. The van der Waals surface area contributed by atoms with E-state index >= 15 is 0 Å². The molecule has 0 radical (unpaired) electrons. The first kappa shape index (κ1) is 15.5. The first-order valence-corrected chi connectivity index (χ1v) is 7.37. The van der Waals surface area contributed by atoms with Crippen molar-refractivity contribution in [3.05, 3.63) is 29.8 Å². The Morgan fingerprint density at radius 2 is 2.00 bits per heavy atom. The molecule has 0 aliphatic carbocycles. The average molecular weight is 289 g/mol. The third-order valence-electron chi connectivity index (χ3n) is 3.87. The van der Waals surface area contributed by atoms with E-state index in [4.69, 9.17) is 0 Å². The van der Waals surface area contributed by atoms with Gasteiger partial charge in [0.25, 0.3) is 0 Å². The van der Waals surface area contributed by atoms with Gasteiger partial charge in [0.05, 0.1) is 6.54 Å². The highest BCUT2D eigenvalue weighted by Crippen LogP contribution is 2.22. The number of rotatable bonds is 4. The van der Waals surface area contributed by atoms with Gasteiger partial charge in [-0.05, 0) is 24.5 Å². The summed E-state index contributed by atoms with van der Waals surface area (Å²) in [6.45, 7) is 7.05. The topological polar surface area (TPSA) is 61.4 Å². The van der Waals surface area contributed by atoms with Gasteiger partial charge in [-0.25, -0.2) is 0 Å². The van der Waals surface area contributed by atoms with Gasteiger partial charge in [-0.3, -0.25) is 9.59 Å². The molecular formula is C16H23N3O2. The zero-order valence-corrected chi connectivity index (χ0v) is 12.8. The van der Waals surface area contributed by atoms with Crippen molar-refractivity contribution in [1.29, 1.82) is 0 Å². The Hall–Kier alpha value is -1.88. The normalized spacial score (nSPS) is 16.4. The van der Waals surface area contributed by atoms with Gasteiger partial charge >= 0.3 is 0 Å². The molecule has 1 atom stereocenters. The largest absolute Gasteiger partial charge is 0.352 e. The molecule has 1 unspecified atom stereocenters. The fourth-order valence-electron chi connectivity index (χ4n) is 2.24. The Labute approximate surface area is 125 Å². The van der Waals surface area contributed by atoms with Crippen molar-refractivity contribution in [2.45, 2.75) is 33.4 Å². The first-order valence-electron chi connectivity index (χ1n) is 7.37. The minimum Gasteiger partial charge on any atom is -0.352 e. The summed E-state index contributed by atoms with van der Waals surface area (Å²) in [5, 5.41) is 6.04. The molecule has 5 nitrogen and oxygen atoms in total. The summed E-state index contributed by atoms with van der Waals surface area (Å²) in [6, 6.07) is 7.78. The van der Waals surface area contributed by atoms with Crippen LogP contribution in [0, 0.1) is 5.92 Å². The highest BCUT2D eigenvalue weighted by atomic mass is 16.2. The average Bonchev–Trinajstić information content (AvgIpc) is 2.59. The molecule has 1 aliphatic rings. The van der Waals surface area contributed by atoms with E-state index in [2.05, 4.69) is 24.5 Å². The van der Waals surface area contributed by atoms with E-state index in [1.165, 1.54) is 0 Å². The van der Waals surface area contributed by atoms with Crippen LogP contribution in [0.1, 0.15) is 26.3 Å². The zero-order valence-electron chi connectivity index (χ0n) is 12.8. The molecule has 1 aromatic carbocycles. The van der Waals surface area contributed by atoms with Crippen molar-refractivity contribution >= 4 is 17.5 Å². The second-order valence-electron chi connectivity index (χ2n) is 5.81. The number of nitrogens with zero attached hydrogens (tertiary/aromatic N) is 1. The number of benzene rings is 1. The Bertz CT molecular complexity index is 528. The van der Waals surface area contributed by atoms with Crippen LogP contribution in [0.2, 0.25) is 0 Å². The number of carbonyl (C=O) groups is 2. The molecule has 0 aromatic heterocycles. The van der Waals surface area contributed by atoms with Gasteiger partial charge in [0.1, 0.15) is 6.54 Å². The van der Waals surface area contributed by atoms with Gasteiger partial charge in [0.15, 0.2) is 0 Å². The van der Waals surface area contributed by atoms with E-state index in [1.807, 2.05) is 31.2 Å². The van der Waals surface area contributed by atoms with Crippen LogP contribution in [-0.4, -0.2) is 30.9 Å². The number of hydrogen-bond acceptors (Lipinski definition) is 3. The van der Waals surface area contributed by atoms with Crippen LogP contribution in [0.25, 0.3) is 0 Å². The van der Waals surface area contributed by atoms with Crippen LogP contribution in [0.15, 0.2) is 24.3 Å². The van der Waals surface area contributed by atoms with E-state index in [9.17, 15) is 9.59 Å². The molecule has 2 amide bonds. The number of hydrogen-bond donors (Lipinski definition) is 2. The van der Waals surface area contributed by atoms with Crippen LogP contribution in [-0.2, 0) is 16.1 Å². The maximum absolute atomic E-state index is 12.2. The lowest BCUT2D eigenvalue weighted by Gasteiger charge is -2.24. The highest BCUT2D eigenvalue weighted by Gasteiger charge is 2.24. The second kappa shape index (κ2) is 6.72. The third kappa shape index (κ3) is 3.82.